The molecule has 0 aromatic carbocycles. The van der Waals surface area contributed by atoms with Crippen LogP contribution in [0.4, 0.5) is 0 Å². The monoisotopic (exact) mass is 168 g/mol. The van der Waals surface area contributed by atoms with E-state index < -0.39 is 0 Å². The zero-order valence-corrected chi connectivity index (χ0v) is 7.64. The topological polar surface area (TPSA) is 34.1 Å². The van der Waals surface area contributed by atoms with Gasteiger partial charge in [0.25, 0.3) is 0 Å². The highest BCUT2D eigenvalue weighted by atomic mass is 16.2. The molecule has 0 radical (unpaired) electrons. The molecule has 1 fully saturated rings. The largest absolute Gasteiger partial charge is 0.291 e. The number of rotatable bonds is 3. The minimum absolute atomic E-state index is 0.137. The molecule has 0 amide bonds. The van der Waals surface area contributed by atoms with E-state index in [1.54, 1.807) is 0 Å². The first-order valence-corrected chi connectivity index (χ1v) is 4.80. The van der Waals surface area contributed by atoms with Gasteiger partial charge in [0, 0.05) is 12.8 Å². The van der Waals surface area contributed by atoms with Crippen LogP contribution < -0.4 is 0 Å². The third-order valence-corrected chi connectivity index (χ3v) is 2.53. The lowest BCUT2D eigenvalue weighted by atomic mass is 9.84. The summed E-state index contributed by atoms with van der Waals surface area (Å²) < 4.78 is 0. The van der Waals surface area contributed by atoms with Gasteiger partial charge in [0.1, 0.15) is 0 Å². The van der Waals surface area contributed by atoms with E-state index in [1.165, 1.54) is 12.8 Å². The minimum Gasteiger partial charge on any atom is -0.291 e. The lowest BCUT2D eigenvalue weighted by molar-refractivity contribution is -0.139. The zero-order chi connectivity index (χ0) is 8.97. The fraction of sp³-hybridized carbons (Fsp3) is 0.800. The SMILES string of the molecule is CCCCC1CCC(=O)C(=O)C1. The maximum Gasteiger partial charge on any atom is 0.198 e. The van der Waals surface area contributed by atoms with Crippen molar-refractivity contribution in [1.29, 1.82) is 0 Å². The Bertz CT molecular complexity index is 184. The van der Waals surface area contributed by atoms with Gasteiger partial charge in [-0.3, -0.25) is 9.59 Å². The van der Waals surface area contributed by atoms with Gasteiger partial charge in [-0.25, -0.2) is 0 Å². The Balaban J connectivity index is 2.30. The van der Waals surface area contributed by atoms with Crippen LogP contribution in [0, 0.1) is 5.92 Å². The van der Waals surface area contributed by atoms with Gasteiger partial charge in [-0.1, -0.05) is 26.2 Å². The van der Waals surface area contributed by atoms with Crippen LogP contribution in [0.25, 0.3) is 0 Å². The summed E-state index contributed by atoms with van der Waals surface area (Å²) in [6.45, 7) is 2.15. The molecule has 0 heterocycles. The van der Waals surface area contributed by atoms with Crippen LogP contribution in [-0.4, -0.2) is 11.6 Å². The normalized spacial score (nSPS) is 24.6. The molecular weight excluding hydrogens is 152 g/mol. The van der Waals surface area contributed by atoms with Gasteiger partial charge < -0.3 is 0 Å². The number of ketones is 2. The molecule has 0 aromatic rings. The van der Waals surface area contributed by atoms with E-state index in [0.717, 1.165) is 12.8 Å². The molecule has 0 saturated heterocycles. The summed E-state index contributed by atoms with van der Waals surface area (Å²) in [4.78, 5) is 21.9. The molecule has 1 rings (SSSR count). The van der Waals surface area contributed by atoms with Crippen LogP contribution in [0.2, 0.25) is 0 Å². The summed E-state index contributed by atoms with van der Waals surface area (Å²) in [5.41, 5.74) is 0. The molecule has 1 atom stereocenters. The molecule has 1 saturated carbocycles. The van der Waals surface area contributed by atoms with Crippen molar-refractivity contribution in [2.75, 3.05) is 0 Å². The molecule has 68 valence electrons. The van der Waals surface area contributed by atoms with E-state index in [-0.39, 0.29) is 11.6 Å². The Kier molecular flexibility index (Phi) is 3.45. The van der Waals surface area contributed by atoms with E-state index in [0.29, 0.717) is 18.8 Å². The second-order valence-electron chi connectivity index (χ2n) is 3.60. The van der Waals surface area contributed by atoms with Crippen molar-refractivity contribution in [2.45, 2.75) is 45.4 Å². The van der Waals surface area contributed by atoms with E-state index in [2.05, 4.69) is 6.92 Å². The predicted octanol–water partition coefficient (Wildman–Crippen LogP) is 2.11. The average Bonchev–Trinajstić information content (AvgIpc) is 2.07. The molecule has 1 aliphatic carbocycles. The summed E-state index contributed by atoms with van der Waals surface area (Å²) in [5.74, 6) is 0.209. The fourth-order valence-electron chi connectivity index (χ4n) is 1.69. The number of unbranched alkanes of at least 4 members (excludes halogenated alkanes) is 1. The van der Waals surface area contributed by atoms with Crippen molar-refractivity contribution in [3.05, 3.63) is 0 Å². The summed E-state index contributed by atoms with van der Waals surface area (Å²) >= 11 is 0. The van der Waals surface area contributed by atoms with Gasteiger partial charge in [-0.15, -0.1) is 0 Å². The fourth-order valence-corrected chi connectivity index (χ4v) is 1.69. The second-order valence-corrected chi connectivity index (χ2v) is 3.60. The Morgan fingerprint density at radius 1 is 1.33 bits per heavy atom. The van der Waals surface area contributed by atoms with Crippen LogP contribution in [0.1, 0.15) is 45.4 Å². The van der Waals surface area contributed by atoms with Gasteiger partial charge in [-0.2, -0.15) is 0 Å². The third-order valence-electron chi connectivity index (χ3n) is 2.53. The number of carbonyl (C=O) groups excluding carboxylic acids is 2. The lowest BCUT2D eigenvalue weighted by Crippen LogP contribution is -2.24. The molecule has 2 heteroatoms. The number of carbonyl (C=O) groups is 2. The minimum atomic E-state index is -0.150. The van der Waals surface area contributed by atoms with Crippen LogP contribution in [0.5, 0.6) is 0 Å². The summed E-state index contributed by atoms with van der Waals surface area (Å²) in [6, 6.07) is 0. The van der Waals surface area contributed by atoms with Crippen molar-refractivity contribution < 1.29 is 9.59 Å². The Hall–Kier alpha value is -0.660. The van der Waals surface area contributed by atoms with Gasteiger partial charge in [-0.05, 0) is 12.3 Å². The molecule has 12 heavy (non-hydrogen) atoms. The standard InChI is InChI=1S/C10H16O2/c1-2-3-4-8-5-6-9(11)10(12)7-8/h8H,2-7H2,1H3. The van der Waals surface area contributed by atoms with Crippen LogP contribution in [-0.2, 0) is 9.59 Å². The van der Waals surface area contributed by atoms with Crippen molar-refractivity contribution in [2.24, 2.45) is 5.92 Å². The van der Waals surface area contributed by atoms with Crippen LogP contribution in [0.3, 0.4) is 0 Å². The van der Waals surface area contributed by atoms with Crippen molar-refractivity contribution in [1.82, 2.24) is 0 Å². The summed E-state index contributed by atoms with van der Waals surface area (Å²) in [7, 11) is 0. The third kappa shape index (κ3) is 2.43. The second kappa shape index (κ2) is 4.39. The summed E-state index contributed by atoms with van der Waals surface area (Å²) in [5, 5.41) is 0. The van der Waals surface area contributed by atoms with Crippen LogP contribution in [0.15, 0.2) is 0 Å². The lowest BCUT2D eigenvalue weighted by Gasteiger charge is -2.19. The Labute approximate surface area is 73.3 Å². The van der Waals surface area contributed by atoms with Crippen molar-refractivity contribution >= 4 is 11.6 Å². The van der Waals surface area contributed by atoms with Gasteiger partial charge in [0.15, 0.2) is 11.6 Å². The maximum atomic E-state index is 11.0. The van der Waals surface area contributed by atoms with E-state index >= 15 is 0 Å². The molecule has 0 aromatic heterocycles. The van der Waals surface area contributed by atoms with Gasteiger partial charge in [0.05, 0.1) is 0 Å². The Morgan fingerprint density at radius 2 is 2.08 bits per heavy atom. The van der Waals surface area contributed by atoms with Gasteiger partial charge in [0.2, 0.25) is 0 Å². The first-order valence-electron chi connectivity index (χ1n) is 4.80. The highest BCUT2D eigenvalue weighted by Gasteiger charge is 2.25. The molecule has 1 aliphatic rings. The van der Waals surface area contributed by atoms with Crippen molar-refractivity contribution in [3.8, 4) is 0 Å². The number of Topliss-reactive ketones (excluding diaryl/α,β-unsaturated/α-hetero) is 2. The highest BCUT2D eigenvalue weighted by molar-refractivity contribution is 6.37. The van der Waals surface area contributed by atoms with E-state index in [9.17, 15) is 9.59 Å². The zero-order valence-electron chi connectivity index (χ0n) is 7.64. The van der Waals surface area contributed by atoms with E-state index in [4.69, 9.17) is 0 Å². The molecule has 0 N–H and O–H groups in total. The molecule has 2 nitrogen and oxygen atoms in total. The maximum absolute atomic E-state index is 11.0. The molecule has 0 bridgehead atoms. The van der Waals surface area contributed by atoms with Gasteiger partial charge >= 0.3 is 0 Å². The smallest absolute Gasteiger partial charge is 0.198 e. The quantitative estimate of drug-likeness (QED) is 0.605. The van der Waals surface area contributed by atoms with Crippen molar-refractivity contribution in [3.63, 3.8) is 0 Å². The van der Waals surface area contributed by atoms with Crippen LogP contribution >= 0.6 is 0 Å². The van der Waals surface area contributed by atoms with E-state index in [1.807, 2.05) is 0 Å². The average molecular weight is 168 g/mol. The molecule has 0 spiro atoms. The highest BCUT2D eigenvalue weighted by Crippen LogP contribution is 2.23. The molecule has 0 aliphatic heterocycles. The number of hydrogen-bond donors (Lipinski definition) is 0. The Morgan fingerprint density at radius 3 is 2.67 bits per heavy atom. The number of hydrogen-bond acceptors (Lipinski definition) is 2. The molecule has 1 unspecified atom stereocenters. The first-order chi connectivity index (χ1) is 5.74. The first kappa shape index (κ1) is 9.43. The summed E-state index contributed by atoms with van der Waals surface area (Å²) in [6.07, 6.45) is 5.43. The predicted molar refractivity (Wildman–Crippen MR) is 46.9 cm³/mol. The molecular formula is C10H16O2.